The number of benzene rings is 1. The van der Waals surface area contributed by atoms with E-state index in [1.165, 1.54) is 0 Å². The van der Waals surface area contributed by atoms with Gasteiger partial charge in [-0.1, -0.05) is 13.0 Å². The van der Waals surface area contributed by atoms with E-state index in [1.54, 1.807) is 51.2 Å². The third-order valence-corrected chi connectivity index (χ3v) is 5.03. The number of carbonyl (C=O) groups excluding carboxylic acids is 1. The van der Waals surface area contributed by atoms with Crippen molar-refractivity contribution in [3.05, 3.63) is 47.9 Å². The molecule has 1 fully saturated rings. The predicted molar refractivity (Wildman–Crippen MR) is 117 cm³/mol. The van der Waals surface area contributed by atoms with Gasteiger partial charge in [0.05, 0.1) is 5.69 Å². The van der Waals surface area contributed by atoms with Crippen molar-refractivity contribution in [1.82, 2.24) is 14.8 Å². The highest BCUT2D eigenvalue weighted by Gasteiger charge is 2.18. The fraction of sp³-hybridized carbons (Fsp3) is 0.478. The number of piperazine rings is 1. The highest BCUT2D eigenvalue weighted by atomic mass is 19.1. The lowest BCUT2D eigenvalue weighted by atomic mass is 10.1. The normalized spacial score (nSPS) is 15.8. The van der Waals surface area contributed by atoms with Crippen LogP contribution in [-0.2, 0) is 11.3 Å². The van der Waals surface area contributed by atoms with Crippen molar-refractivity contribution in [1.29, 1.82) is 0 Å². The van der Waals surface area contributed by atoms with Gasteiger partial charge < -0.3 is 9.64 Å². The number of hydrogen-bond donors (Lipinski definition) is 1. The van der Waals surface area contributed by atoms with Gasteiger partial charge in [0.25, 0.3) is 0 Å². The van der Waals surface area contributed by atoms with E-state index in [4.69, 9.17) is 4.74 Å². The number of likely N-dealkylation sites (N-methyl/N-ethyl adjacent to an activating group) is 1. The number of pyridine rings is 1. The molecule has 2 heterocycles. The van der Waals surface area contributed by atoms with Crippen molar-refractivity contribution >= 4 is 11.8 Å². The maximum Gasteiger partial charge on any atom is 0.412 e. The largest absolute Gasteiger partial charge is 0.444 e. The summed E-state index contributed by atoms with van der Waals surface area (Å²) in [5.41, 5.74) is 1.73. The Morgan fingerprint density at radius 1 is 1.13 bits per heavy atom. The Hall–Kier alpha value is -2.51. The standard InChI is InChI=1S/C23H31FN4O2/c1-5-27-10-12-28(13-11-27)16-17-6-7-19(20(24)14-17)21-15-18(8-9-25-21)26-22(29)30-23(2,3)4/h6-9,14-15H,5,10-13,16H2,1-4H3,(H,25,26,29). The van der Waals surface area contributed by atoms with Gasteiger partial charge >= 0.3 is 6.09 Å². The molecule has 162 valence electrons. The lowest BCUT2D eigenvalue weighted by molar-refractivity contribution is 0.0636. The van der Waals surface area contributed by atoms with Crippen LogP contribution in [0.1, 0.15) is 33.3 Å². The summed E-state index contributed by atoms with van der Waals surface area (Å²) >= 11 is 0. The van der Waals surface area contributed by atoms with E-state index in [-0.39, 0.29) is 5.82 Å². The average Bonchev–Trinajstić information content (AvgIpc) is 2.67. The first kappa shape index (κ1) is 22.2. The molecule has 1 saturated heterocycles. The van der Waals surface area contributed by atoms with E-state index in [0.717, 1.165) is 44.8 Å². The molecule has 0 saturated carbocycles. The molecule has 1 aromatic carbocycles. The number of rotatable bonds is 5. The number of nitrogens with zero attached hydrogens (tertiary/aromatic N) is 3. The van der Waals surface area contributed by atoms with Crippen molar-refractivity contribution in [2.75, 3.05) is 38.0 Å². The molecule has 1 amide bonds. The minimum atomic E-state index is -0.592. The first-order valence-electron chi connectivity index (χ1n) is 10.4. The third-order valence-electron chi connectivity index (χ3n) is 5.03. The van der Waals surface area contributed by atoms with Crippen molar-refractivity contribution in [2.24, 2.45) is 0 Å². The second kappa shape index (κ2) is 9.53. The molecule has 0 unspecified atom stereocenters. The number of carbonyl (C=O) groups is 1. The lowest BCUT2D eigenvalue weighted by Gasteiger charge is -2.34. The summed E-state index contributed by atoms with van der Waals surface area (Å²) in [6, 6.07) is 8.57. The van der Waals surface area contributed by atoms with E-state index in [2.05, 4.69) is 27.0 Å². The molecule has 0 radical (unpaired) electrons. The van der Waals surface area contributed by atoms with Gasteiger partial charge in [-0.15, -0.1) is 0 Å². The van der Waals surface area contributed by atoms with Crippen LogP contribution in [0.2, 0.25) is 0 Å². The molecule has 6 nitrogen and oxygen atoms in total. The Bertz CT molecular complexity index is 874. The second-order valence-electron chi connectivity index (χ2n) is 8.58. The number of halogens is 1. The summed E-state index contributed by atoms with van der Waals surface area (Å²) in [5, 5.41) is 2.67. The monoisotopic (exact) mass is 414 g/mol. The number of aromatic nitrogens is 1. The molecule has 1 aromatic heterocycles. The Kier molecular flexibility index (Phi) is 7.05. The van der Waals surface area contributed by atoms with Gasteiger partial charge in [-0.2, -0.15) is 0 Å². The summed E-state index contributed by atoms with van der Waals surface area (Å²) in [7, 11) is 0. The van der Waals surface area contributed by atoms with Gasteiger partial charge in [0, 0.05) is 50.2 Å². The third kappa shape index (κ3) is 6.24. The number of ether oxygens (including phenoxy) is 1. The van der Waals surface area contributed by atoms with Crippen LogP contribution in [0.5, 0.6) is 0 Å². The molecular weight excluding hydrogens is 383 g/mol. The summed E-state index contributed by atoms with van der Waals surface area (Å²) < 4.78 is 20.1. The first-order valence-corrected chi connectivity index (χ1v) is 10.4. The smallest absolute Gasteiger partial charge is 0.412 e. The zero-order valence-corrected chi connectivity index (χ0v) is 18.2. The van der Waals surface area contributed by atoms with E-state index in [0.29, 0.717) is 16.9 Å². The van der Waals surface area contributed by atoms with Crippen LogP contribution < -0.4 is 5.32 Å². The van der Waals surface area contributed by atoms with Crippen LogP contribution in [0.3, 0.4) is 0 Å². The van der Waals surface area contributed by atoms with E-state index < -0.39 is 11.7 Å². The molecule has 0 spiro atoms. The van der Waals surface area contributed by atoms with Crippen LogP contribution in [0, 0.1) is 5.82 Å². The molecule has 0 atom stereocenters. The first-order chi connectivity index (χ1) is 14.2. The number of amides is 1. The lowest BCUT2D eigenvalue weighted by Crippen LogP contribution is -2.45. The Balaban J connectivity index is 1.67. The minimum absolute atomic E-state index is 0.318. The second-order valence-corrected chi connectivity index (χ2v) is 8.58. The summed E-state index contributed by atoms with van der Waals surface area (Å²) in [6.07, 6.45) is 0.987. The predicted octanol–water partition coefficient (Wildman–Crippen LogP) is 4.37. The molecule has 2 aromatic rings. The van der Waals surface area contributed by atoms with Gasteiger partial charge in [-0.05, 0) is 57.1 Å². The van der Waals surface area contributed by atoms with Crippen LogP contribution in [0.25, 0.3) is 11.3 Å². The molecule has 1 aliphatic heterocycles. The topological polar surface area (TPSA) is 57.7 Å². The SMILES string of the molecule is CCN1CCN(Cc2ccc(-c3cc(NC(=O)OC(C)(C)C)ccn3)c(F)c2)CC1. The maximum atomic E-state index is 14.8. The zero-order valence-electron chi connectivity index (χ0n) is 18.2. The van der Waals surface area contributed by atoms with Crippen molar-refractivity contribution in [3.8, 4) is 11.3 Å². The summed E-state index contributed by atoms with van der Waals surface area (Å²) in [5.74, 6) is -0.318. The maximum absolute atomic E-state index is 14.8. The molecule has 0 aliphatic carbocycles. The molecule has 7 heteroatoms. The van der Waals surface area contributed by atoms with Crippen LogP contribution >= 0.6 is 0 Å². The highest BCUT2D eigenvalue weighted by molar-refractivity contribution is 5.85. The van der Waals surface area contributed by atoms with Gasteiger partial charge in [0.1, 0.15) is 11.4 Å². The summed E-state index contributed by atoms with van der Waals surface area (Å²) in [6.45, 7) is 13.5. The number of nitrogens with one attached hydrogen (secondary N) is 1. The Morgan fingerprint density at radius 3 is 2.47 bits per heavy atom. The Morgan fingerprint density at radius 2 is 1.83 bits per heavy atom. The van der Waals surface area contributed by atoms with E-state index in [1.807, 2.05) is 6.07 Å². The van der Waals surface area contributed by atoms with Crippen molar-refractivity contribution in [3.63, 3.8) is 0 Å². The van der Waals surface area contributed by atoms with Gasteiger partial charge in [-0.3, -0.25) is 15.2 Å². The van der Waals surface area contributed by atoms with E-state index >= 15 is 0 Å². The van der Waals surface area contributed by atoms with Gasteiger partial charge in [0.2, 0.25) is 0 Å². The Labute approximate surface area is 178 Å². The highest BCUT2D eigenvalue weighted by Crippen LogP contribution is 2.25. The van der Waals surface area contributed by atoms with Crippen molar-refractivity contribution in [2.45, 2.75) is 39.8 Å². The number of anilines is 1. The van der Waals surface area contributed by atoms with Crippen LogP contribution in [0.15, 0.2) is 36.5 Å². The summed E-state index contributed by atoms with van der Waals surface area (Å²) in [4.78, 5) is 21.0. The molecule has 30 heavy (non-hydrogen) atoms. The molecule has 3 rings (SSSR count). The fourth-order valence-corrected chi connectivity index (χ4v) is 3.46. The average molecular weight is 415 g/mol. The quantitative estimate of drug-likeness (QED) is 0.787. The van der Waals surface area contributed by atoms with Gasteiger partial charge in [-0.25, -0.2) is 9.18 Å². The number of hydrogen-bond acceptors (Lipinski definition) is 5. The molecule has 1 N–H and O–H groups in total. The van der Waals surface area contributed by atoms with Crippen molar-refractivity contribution < 1.29 is 13.9 Å². The zero-order chi connectivity index (χ0) is 21.7. The molecule has 0 bridgehead atoms. The fourth-order valence-electron chi connectivity index (χ4n) is 3.46. The van der Waals surface area contributed by atoms with Crippen LogP contribution in [0.4, 0.5) is 14.9 Å². The molecule has 1 aliphatic rings. The molecular formula is C23H31FN4O2. The van der Waals surface area contributed by atoms with E-state index in [9.17, 15) is 9.18 Å². The van der Waals surface area contributed by atoms with Crippen LogP contribution in [-0.4, -0.2) is 59.2 Å². The van der Waals surface area contributed by atoms with Gasteiger partial charge in [0.15, 0.2) is 0 Å². The minimum Gasteiger partial charge on any atom is -0.444 e.